The van der Waals surface area contributed by atoms with Crippen LogP contribution in [0.2, 0.25) is 0 Å². The first kappa shape index (κ1) is 19.3. The van der Waals surface area contributed by atoms with E-state index in [0.29, 0.717) is 39.0 Å². The van der Waals surface area contributed by atoms with Crippen molar-refractivity contribution < 1.29 is 13.2 Å². The second kappa shape index (κ2) is 7.26. The highest BCUT2D eigenvalue weighted by Crippen LogP contribution is 2.35. The Morgan fingerprint density at radius 2 is 1.65 bits per heavy atom. The fourth-order valence-corrected chi connectivity index (χ4v) is 5.06. The molecule has 3 rings (SSSR count). The van der Waals surface area contributed by atoms with Crippen molar-refractivity contribution in [1.82, 2.24) is 18.4 Å². The van der Waals surface area contributed by atoms with E-state index in [1.54, 1.807) is 19.0 Å². The fraction of sp³-hybridized carbons (Fsp3) is 0.611. The van der Waals surface area contributed by atoms with Crippen LogP contribution in [0.5, 0.6) is 0 Å². The van der Waals surface area contributed by atoms with Gasteiger partial charge in [0, 0.05) is 53.9 Å². The van der Waals surface area contributed by atoms with Gasteiger partial charge in [-0.2, -0.15) is 17.0 Å². The lowest BCUT2D eigenvalue weighted by molar-refractivity contribution is -0.154. The molecule has 1 aromatic rings. The standard InChI is InChI=1S/C18H28N4O3S/c1-19(2)26(24,25)22-11-9-18(10-12-22)17(23)20(3)13-14-21(18)15-16-7-5-4-6-8-16/h4-8H,9-15H2,1-3H3. The first-order valence-corrected chi connectivity index (χ1v) is 10.4. The summed E-state index contributed by atoms with van der Waals surface area (Å²) in [6, 6.07) is 10.1. The molecular formula is C18H28N4O3S. The molecule has 0 radical (unpaired) electrons. The third-order valence-corrected chi connectivity index (χ3v) is 7.55. The van der Waals surface area contributed by atoms with Crippen molar-refractivity contribution in [2.24, 2.45) is 0 Å². The molecule has 0 saturated carbocycles. The lowest BCUT2D eigenvalue weighted by Gasteiger charge is -2.52. The number of benzene rings is 1. The molecule has 0 N–H and O–H groups in total. The molecule has 0 bridgehead atoms. The molecule has 0 aromatic heterocycles. The number of carbonyl (C=O) groups excluding carboxylic acids is 1. The third-order valence-electron chi connectivity index (χ3n) is 5.61. The van der Waals surface area contributed by atoms with Crippen molar-refractivity contribution in [2.45, 2.75) is 24.9 Å². The summed E-state index contributed by atoms with van der Waals surface area (Å²) in [6.45, 7) is 2.95. The summed E-state index contributed by atoms with van der Waals surface area (Å²) in [5.74, 6) is 0.113. The number of piperidine rings is 1. The number of rotatable bonds is 4. The van der Waals surface area contributed by atoms with Crippen LogP contribution >= 0.6 is 0 Å². The third kappa shape index (κ3) is 3.38. The molecule has 1 aromatic carbocycles. The number of likely N-dealkylation sites (N-methyl/N-ethyl adjacent to an activating group) is 1. The Hall–Kier alpha value is -1.48. The van der Waals surface area contributed by atoms with Gasteiger partial charge in [-0.15, -0.1) is 0 Å². The number of amides is 1. The van der Waals surface area contributed by atoms with Gasteiger partial charge in [0.15, 0.2) is 0 Å². The molecule has 26 heavy (non-hydrogen) atoms. The topological polar surface area (TPSA) is 64.2 Å². The summed E-state index contributed by atoms with van der Waals surface area (Å²) in [6.07, 6.45) is 1.05. The van der Waals surface area contributed by atoms with Crippen LogP contribution < -0.4 is 0 Å². The fourth-order valence-electron chi connectivity index (χ4n) is 3.96. The van der Waals surface area contributed by atoms with Crippen LogP contribution in [0.1, 0.15) is 18.4 Å². The molecule has 2 aliphatic heterocycles. The molecule has 2 heterocycles. The summed E-state index contributed by atoms with van der Waals surface area (Å²) in [4.78, 5) is 17.1. The van der Waals surface area contributed by atoms with E-state index in [2.05, 4.69) is 17.0 Å². The molecular weight excluding hydrogens is 352 g/mol. The van der Waals surface area contributed by atoms with Crippen molar-refractivity contribution in [1.29, 1.82) is 0 Å². The number of hydrogen-bond donors (Lipinski definition) is 0. The maximum absolute atomic E-state index is 13.1. The van der Waals surface area contributed by atoms with Crippen LogP contribution in [-0.2, 0) is 21.5 Å². The van der Waals surface area contributed by atoms with Crippen LogP contribution in [0, 0.1) is 0 Å². The highest BCUT2D eigenvalue weighted by molar-refractivity contribution is 7.86. The number of piperazine rings is 1. The maximum Gasteiger partial charge on any atom is 0.281 e. The monoisotopic (exact) mass is 380 g/mol. The van der Waals surface area contributed by atoms with Gasteiger partial charge in [-0.25, -0.2) is 0 Å². The van der Waals surface area contributed by atoms with E-state index in [4.69, 9.17) is 0 Å². The average molecular weight is 381 g/mol. The number of nitrogens with zero attached hydrogens (tertiary/aromatic N) is 4. The van der Waals surface area contributed by atoms with Gasteiger partial charge in [-0.1, -0.05) is 30.3 Å². The molecule has 0 aliphatic carbocycles. The molecule has 2 saturated heterocycles. The first-order chi connectivity index (χ1) is 12.3. The predicted molar refractivity (Wildman–Crippen MR) is 101 cm³/mol. The lowest BCUT2D eigenvalue weighted by atomic mass is 9.83. The molecule has 144 valence electrons. The highest BCUT2D eigenvalue weighted by atomic mass is 32.2. The van der Waals surface area contributed by atoms with Crippen LogP contribution in [0.3, 0.4) is 0 Å². The van der Waals surface area contributed by atoms with Crippen molar-refractivity contribution in [3.8, 4) is 0 Å². The van der Waals surface area contributed by atoms with Crippen LogP contribution in [-0.4, -0.2) is 85.6 Å². The Morgan fingerprint density at radius 3 is 2.23 bits per heavy atom. The van der Waals surface area contributed by atoms with E-state index in [1.165, 1.54) is 14.2 Å². The molecule has 0 atom stereocenters. The smallest absolute Gasteiger partial charge is 0.281 e. The quantitative estimate of drug-likeness (QED) is 0.767. The molecule has 0 unspecified atom stereocenters. The maximum atomic E-state index is 13.1. The summed E-state index contributed by atoms with van der Waals surface area (Å²) in [5.41, 5.74) is 0.564. The summed E-state index contributed by atoms with van der Waals surface area (Å²) in [7, 11) is 1.49. The average Bonchev–Trinajstić information content (AvgIpc) is 2.63. The van der Waals surface area contributed by atoms with Crippen molar-refractivity contribution >= 4 is 16.1 Å². The van der Waals surface area contributed by atoms with Crippen LogP contribution in [0.4, 0.5) is 0 Å². The molecule has 2 aliphatic rings. The number of carbonyl (C=O) groups is 1. The zero-order valence-electron chi connectivity index (χ0n) is 15.8. The van der Waals surface area contributed by atoms with Crippen molar-refractivity contribution in [3.63, 3.8) is 0 Å². The largest absolute Gasteiger partial charge is 0.343 e. The van der Waals surface area contributed by atoms with Gasteiger partial charge in [0.25, 0.3) is 10.2 Å². The highest BCUT2D eigenvalue weighted by Gasteiger charge is 2.51. The van der Waals surface area contributed by atoms with E-state index in [1.807, 2.05) is 25.2 Å². The van der Waals surface area contributed by atoms with Crippen molar-refractivity contribution in [2.75, 3.05) is 47.3 Å². The first-order valence-electron chi connectivity index (χ1n) is 8.99. The second-order valence-electron chi connectivity index (χ2n) is 7.35. The van der Waals surface area contributed by atoms with Gasteiger partial charge in [0.1, 0.15) is 5.54 Å². The minimum Gasteiger partial charge on any atom is -0.343 e. The van der Waals surface area contributed by atoms with E-state index in [0.717, 1.165) is 6.54 Å². The normalized spacial score (nSPS) is 22.3. The van der Waals surface area contributed by atoms with Gasteiger partial charge in [0.2, 0.25) is 5.91 Å². The van der Waals surface area contributed by atoms with E-state index < -0.39 is 15.7 Å². The lowest BCUT2D eigenvalue weighted by Crippen LogP contribution is -2.68. The Bertz CT molecular complexity index is 743. The summed E-state index contributed by atoms with van der Waals surface area (Å²) < 4.78 is 27.6. The SMILES string of the molecule is CN1CCN(Cc2ccccc2)C2(CCN(S(=O)(=O)N(C)C)CC2)C1=O. The Balaban J connectivity index is 1.83. The molecule has 1 amide bonds. The van der Waals surface area contributed by atoms with E-state index >= 15 is 0 Å². The van der Waals surface area contributed by atoms with Gasteiger partial charge in [0.05, 0.1) is 0 Å². The minimum absolute atomic E-state index is 0.113. The van der Waals surface area contributed by atoms with Crippen LogP contribution in [0.25, 0.3) is 0 Å². The Labute approximate surface area is 156 Å². The molecule has 7 nitrogen and oxygen atoms in total. The van der Waals surface area contributed by atoms with Gasteiger partial charge >= 0.3 is 0 Å². The predicted octanol–water partition coefficient (Wildman–Crippen LogP) is 0.602. The zero-order chi connectivity index (χ0) is 18.9. The number of hydrogen-bond acceptors (Lipinski definition) is 4. The summed E-state index contributed by atoms with van der Waals surface area (Å²) in [5, 5.41) is 0. The second-order valence-corrected chi connectivity index (χ2v) is 9.50. The minimum atomic E-state index is -3.44. The summed E-state index contributed by atoms with van der Waals surface area (Å²) >= 11 is 0. The van der Waals surface area contributed by atoms with E-state index in [-0.39, 0.29) is 5.91 Å². The Kier molecular flexibility index (Phi) is 5.39. The van der Waals surface area contributed by atoms with Gasteiger partial charge in [-0.05, 0) is 18.4 Å². The van der Waals surface area contributed by atoms with Gasteiger partial charge < -0.3 is 4.90 Å². The van der Waals surface area contributed by atoms with Gasteiger partial charge in [-0.3, -0.25) is 9.69 Å². The van der Waals surface area contributed by atoms with Crippen molar-refractivity contribution in [3.05, 3.63) is 35.9 Å². The van der Waals surface area contributed by atoms with Crippen LogP contribution in [0.15, 0.2) is 30.3 Å². The molecule has 2 fully saturated rings. The zero-order valence-corrected chi connectivity index (χ0v) is 16.6. The molecule has 1 spiro atoms. The molecule has 8 heteroatoms. The van der Waals surface area contributed by atoms with E-state index in [9.17, 15) is 13.2 Å². The Morgan fingerprint density at radius 1 is 1.04 bits per heavy atom.